The van der Waals surface area contributed by atoms with Gasteiger partial charge in [-0.2, -0.15) is 0 Å². The third kappa shape index (κ3) is 9.65. The molecule has 7 nitrogen and oxygen atoms in total. The highest BCUT2D eigenvalue weighted by Gasteiger charge is 2.58. The predicted molar refractivity (Wildman–Crippen MR) is 121 cm³/mol. The van der Waals surface area contributed by atoms with Crippen LogP contribution in [-0.4, -0.2) is 54.0 Å². The first-order valence-corrected chi connectivity index (χ1v) is 16.3. The fourth-order valence-corrected chi connectivity index (χ4v) is 12.0. The van der Waals surface area contributed by atoms with Crippen molar-refractivity contribution in [2.45, 2.75) is 93.3 Å². The molecule has 0 aromatic heterocycles. The highest BCUT2D eigenvalue weighted by Crippen LogP contribution is 2.35. The lowest BCUT2D eigenvalue weighted by Crippen LogP contribution is -2.51. The van der Waals surface area contributed by atoms with Crippen molar-refractivity contribution >= 4 is 29.5 Å². The first-order valence-electron chi connectivity index (χ1n) is 10.6. The van der Waals surface area contributed by atoms with Crippen molar-refractivity contribution in [1.29, 1.82) is 0 Å². The second-order valence-electron chi connectivity index (χ2n) is 8.13. The topological polar surface area (TPSA) is 128 Å². The largest absolute Gasteiger partial charge is 0.330 e. The van der Waals surface area contributed by atoms with E-state index >= 15 is 0 Å². The van der Waals surface area contributed by atoms with E-state index in [0.29, 0.717) is 25.2 Å². The summed E-state index contributed by atoms with van der Waals surface area (Å²) in [6.45, 7) is 0.776. The van der Waals surface area contributed by atoms with Gasteiger partial charge in [0.05, 0.1) is 0 Å². The minimum atomic E-state index is -4.34. The van der Waals surface area contributed by atoms with Crippen LogP contribution in [0.1, 0.15) is 89.9 Å². The molecule has 176 valence electrons. The fourth-order valence-electron chi connectivity index (χ4n) is 3.81. The van der Waals surface area contributed by atoms with E-state index < -0.39 is 39.3 Å². The van der Waals surface area contributed by atoms with E-state index in [1.165, 1.54) is 38.5 Å². The lowest BCUT2D eigenvalue weighted by atomic mass is 10.0. The summed E-state index contributed by atoms with van der Waals surface area (Å²) in [5.74, 6) is 0. The number of rotatable bonds is 18. The van der Waals surface area contributed by atoms with Crippen molar-refractivity contribution in [3.8, 4) is 0 Å². The van der Waals surface area contributed by atoms with Crippen LogP contribution < -0.4 is 5.73 Å². The molecule has 0 aliphatic carbocycles. The predicted octanol–water partition coefficient (Wildman–Crippen LogP) is 3.19. The number of unbranched alkanes of at least 4 members (excludes halogenated alkanes) is 12. The van der Waals surface area contributed by atoms with Crippen molar-refractivity contribution < 1.29 is 25.3 Å². The molecule has 0 bridgehead atoms. The third-order valence-electron chi connectivity index (χ3n) is 5.38. The molecule has 0 amide bonds. The molecule has 0 aromatic rings. The molecule has 10 heteroatoms. The maximum absolute atomic E-state index is 12.1. The average molecular weight is 476 g/mol. The zero-order valence-corrected chi connectivity index (χ0v) is 20.8. The maximum Gasteiger partial charge on any atom is 0.271 e. The molecule has 0 radical (unpaired) electrons. The van der Waals surface area contributed by atoms with Gasteiger partial charge in [-0.3, -0.25) is 0 Å². The van der Waals surface area contributed by atoms with Gasteiger partial charge in [0.15, 0.2) is 29.5 Å². The zero-order chi connectivity index (χ0) is 22.6. The normalized spacial score (nSPS) is 13.7. The van der Waals surface area contributed by atoms with Crippen molar-refractivity contribution in [2.75, 3.05) is 25.3 Å². The number of hydrogen-bond acceptors (Lipinski definition) is 7. The molecule has 2 N–H and O–H groups in total. The summed E-state index contributed by atoms with van der Waals surface area (Å²) in [5, 5.41) is 0. The molecule has 0 spiro atoms. The van der Waals surface area contributed by atoms with E-state index in [-0.39, 0.29) is 6.42 Å². The van der Waals surface area contributed by atoms with Gasteiger partial charge in [0, 0.05) is 18.8 Å². The van der Waals surface area contributed by atoms with Gasteiger partial charge in [-0.25, -0.2) is 25.3 Å². The molecule has 0 atom stereocenters. The van der Waals surface area contributed by atoms with Gasteiger partial charge in [0.1, 0.15) is 0 Å². The first-order chi connectivity index (χ1) is 13.3. The van der Waals surface area contributed by atoms with Crippen LogP contribution in [0.3, 0.4) is 0 Å². The quantitative estimate of drug-likeness (QED) is 0.301. The molecule has 0 aliphatic rings. The molecule has 0 rings (SSSR count). The summed E-state index contributed by atoms with van der Waals surface area (Å²) in [7, 11) is -13.0. The highest BCUT2D eigenvalue weighted by atomic mass is 32.3. The van der Waals surface area contributed by atoms with Crippen LogP contribution in [0.2, 0.25) is 0 Å². The lowest BCUT2D eigenvalue weighted by molar-refractivity contribution is 0.520. The molecule has 0 unspecified atom stereocenters. The summed E-state index contributed by atoms with van der Waals surface area (Å²) in [6, 6.07) is 0. The van der Waals surface area contributed by atoms with E-state index in [1.54, 1.807) is 0 Å². The Morgan fingerprint density at radius 1 is 0.483 bits per heavy atom. The zero-order valence-electron chi connectivity index (χ0n) is 18.4. The average Bonchev–Trinajstić information content (AvgIpc) is 2.54. The first kappa shape index (κ1) is 28.8. The highest BCUT2D eigenvalue weighted by molar-refractivity contribution is 8.25. The summed E-state index contributed by atoms with van der Waals surface area (Å²) in [6.07, 6.45) is 15.1. The van der Waals surface area contributed by atoms with Gasteiger partial charge < -0.3 is 5.73 Å². The third-order valence-corrected chi connectivity index (χ3v) is 14.8. The summed E-state index contributed by atoms with van der Waals surface area (Å²) in [5.41, 5.74) is 5.47. The Kier molecular flexibility index (Phi) is 13.2. The van der Waals surface area contributed by atoms with Crippen LogP contribution in [0, 0.1) is 0 Å². The van der Waals surface area contributed by atoms with Crippen molar-refractivity contribution in [1.82, 2.24) is 0 Å². The van der Waals surface area contributed by atoms with Crippen LogP contribution in [0.25, 0.3) is 0 Å². The van der Waals surface area contributed by atoms with Gasteiger partial charge in [0.2, 0.25) is 0 Å². The van der Waals surface area contributed by atoms with E-state index in [9.17, 15) is 25.3 Å². The van der Waals surface area contributed by atoms with E-state index in [1.807, 2.05) is 0 Å². The van der Waals surface area contributed by atoms with Crippen molar-refractivity contribution in [3.63, 3.8) is 0 Å². The Morgan fingerprint density at radius 2 is 0.724 bits per heavy atom. The Labute approximate surface area is 179 Å². The maximum atomic E-state index is 12.1. The van der Waals surface area contributed by atoms with Gasteiger partial charge in [0.25, 0.3) is 3.41 Å². The molecule has 0 aromatic carbocycles. The number of hydrogen-bond donors (Lipinski definition) is 1. The van der Waals surface area contributed by atoms with Crippen molar-refractivity contribution in [2.24, 2.45) is 5.73 Å². The van der Waals surface area contributed by atoms with Crippen LogP contribution in [0.15, 0.2) is 0 Å². The molecular weight excluding hydrogens is 434 g/mol. The fraction of sp³-hybridized carbons (Fsp3) is 1.00. The SMILES string of the molecule is CS(=O)(=O)C(CCCCCCCCCCCCCCCN)(S(C)(=O)=O)S(C)(=O)=O. The Balaban J connectivity index is 4.20. The standard InChI is InChI=1S/C19H41NO6S3/c1-27(21,22)19(28(2,23)24,29(3,25)26)17-15-13-11-9-7-5-4-6-8-10-12-14-16-18-20/h4-18,20H2,1-3H3. The monoisotopic (exact) mass is 475 g/mol. The molecule has 0 heterocycles. The number of sulfone groups is 3. The molecule has 0 fully saturated rings. The Hall–Kier alpha value is -0.190. The molecule has 0 saturated carbocycles. The van der Waals surface area contributed by atoms with Crippen LogP contribution >= 0.6 is 0 Å². The van der Waals surface area contributed by atoms with Gasteiger partial charge in [-0.1, -0.05) is 70.6 Å². The molecule has 0 saturated heterocycles. The van der Waals surface area contributed by atoms with Crippen LogP contribution in [0.5, 0.6) is 0 Å². The van der Waals surface area contributed by atoms with Gasteiger partial charge in [-0.05, 0) is 25.8 Å². The second-order valence-corrected chi connectivity index (χ2v) is 15.6. The van der Waals surface area contributed by atoms with Gasteiger partial charge >= 0.3 is 0 Å². The van der Waals surface area contributed by atoms with Crippen molar-refractivity contribution in [3.05, 3.63) is 0 Å². The lowest BCUT2D eigenvalue weighted by Gasteiger charge is -2.28. The smallest absolute Gasteiger partial charge is 0.271 e. The summed E-state index contributed by atoms with van der Waals surface area (Å²) in [4.78, 5) is 0. The van der Waals surface area contributed by atoms with Crippen LogP contribution in [-0.2, 0) is 29.5 Å². The minimum Gasteiger partial charge on any atom is -0.330 e. The summed E-state index contributed by atoms with van der Waals surface area (Å²) >= 11 is 0. The molecular formula is C19H41NO6S3. The second kappa shape index (κ2) is 13.3. The summed E-state index contributed by atoms with van der Waals surface area (Å²) < 4.78 is 70.1. The molecule has 29 heavy (non-hydrogen) atoms. The minimum absolute atomic E-state index is 0.246. The van der Waals surface area contributed by atoms with Gasteiger partial charge in [-0.15, -0.1) is 0 Å². The number of nitrogens with two attached hydrogens (primary N) is 1. The van der Waals surface area contributed by atoms with E-state index in [2.05, 4.69) is 0 Å². The molecule has 0 aliphatic heterocycles. The van der Waals surface area contributed by atoms with E-state index in [0.717, 1.165) is 38.6 Å². The Bertz CT molecular complexity index is 679. The Morgan fingerprint density at radius 3 is 0.966 bits per heavy atom. The van der Waals surface area contributed by atoms with E-state index in [4.69, 9.17) is 5.73 Å². The van der Waals surface area contributed by atoms with Crippen LogP contribution in [0.4, 0.5) is 0 Å².